The molecular formula is C17H16N4. The van der Waals surface area contributed by atoms with Gasteiger partial charge in [-0.2, -0.15) is 9.58 Å². The van der Waals surface area contributed by atoms with Crippen LogP contribution in [0.15, 0.2) is 60.7 Å². The third-order valence-corrected chi connectivity index (χ3v) is 3.28. The third kappa shape index (κ3) is 4.08. The smallest absolute Gasteiger partial charge is 0.299 e. The first kappa shape index (κ1) is 14.6. The van der Waals surface area contributed by atoms with Crippen molar-refractivity contribution in [2.75, 3.05) is 0 Å². The Hall–Kier alpha value is -2.80. The second-order valence-electron chi connectivity index (χ2n) is 4.68. The van der Waals surface area contributed by atoms with Crippen molar-refractivity contribution in [3.05, 3.63) is 82.9 Å². The molecule has 0 N–H and O–H groups in total. The summed E-state index contributed by atoms with van der Waals surface area (Å²) < 4.78 is 0. The van der Waals surface area contributed by atoms with Crippen LogP contribution in [-0.2, 0) is 0 Å². The maximum absolute atomic E-state index is 9.13. The molecule has 0 aliphatic heterocycles. The Morgan fingerprint density at radius 3 is 1.38 bits per heavy atom. The fraction of sp³-hybridized carbons (Fsp3) is 0.176. The Balaban J connectivity index is 1.98. The van der Waals surface area contributed by atoms with Crippen molar-refractivity contribution in [1.29, 1.82) is 0 Å². The van der Waals surface area contributed by atoms with Crippen LogP contribution in [0.4, 0.5) is 0 Å². The molecule has 0 saturated carbocycles. The summed E-state index contributed by atoms with van der Waals surface area (Å²) in [7, 11) is 0. The van der Waals surface area contributed by atoms with Gasteiger partial charge in [0.15, 0.2) is 0 Å². The molecule has 2 rings (SSSR count). The van der Waals surface area contributed by atoms with Gasteiger partial charge in [0, 0.05) is 0 Å². The Morgan fingerprint density at radius 1 is 0.667 bits per heavy atom. The minimum atomic E-state index is 0.617. The minimum absolute atomic E-state index is 0.617. The van der Waals surface area contributed by atoms with E-state index in [0.29, 0.717) is 24.3 Å². The molecule has 0 aromatic heterocycles. The van der Waals surface area contributed by atoms with E-state index < -0.39 is 0 Å². The highest BCUT2D eigenvalue weighted by molar-refractivity contribution is 5.98. The lowest BCUT2D eigenvalue weighted by molar-refractivity contribution is -0.00896. The standard InChI is InChI=1S/C17H16N4/c18-20-16(14-8-3-1-4-9-14)12-7-13-17(21-19)15-10-5-2-6-11-15/h1-6,8-11H,7,12-13H2. The molecule has 0 bridgehead atoms. The number of nitrogens with zero attached hydrogens (tertiary/aromatic N) is 4. The molecular weight excluding hydrogens is 260 g/mol. The van der Waals surface area contributed by atoms with E-state index in [1.54, 1.807) is 0 Å². The molecule has 0 atom stereocenters. The summed E-state index contributed by atoms with van der Waals surface area (Å²) in [6, 6.07) is 19.1. The van der Waals surface area contributed by atoms with E-state index >= 15 is 0 Å². The molecule has 104 valence electrons. The van der Waals surface area contributed by atoms with Crippen molar-refractivity contribution in [2.24, 2.45) is 0 Å². The Labute approximate surface area is 123 Å². The zero-order valence-electron chi connectivity index (χ0n) is 11.7. The zero-order valence-corrected chi connectivity index (χ0v) is 11.7. The largest absolute Gasteiger partial charge is 0.361 e. The second kappa shape index (κ2) is 7.71. The molecule has 21 heavy (non-hydrogen) atoms. The van der Waals surface area contributed by atoms with Crippen LogP contribution in [0, 0.1) is 0 Å². The average Bonchev–Trinajstić information content (AvgIpc) is 2.57. The van der Waals surface area contributed by atoms with Crippen LogP contribution in [-0.4, -0.2) is 21.0 Å². The number of benzene rings is 2. The number of hydrogen-bond donors (Lipinski definition) is 0. The number of hydrogen-bond acceptors (Lipinski definition) is 0. The zero-order chi connectivity index (χ0) is 14.9. The lowest BCUT2D eigenvalue weighted by atomic mass is 10.0. The third-order valence-electron chi connectivity index (χ3n) is 3.28. The molecule has 4 nitrogen and oxygen atoms in total. The van der Waals surface area contributed by atoms with Crippen LogP contribution in [0.1, 0.15) is 30.4 Å². The van der Waals surface area contributed by atoms with Crippen LogP contribution in [0.25, 0.3) is 11.1 Å². The van der Waals surface area contributed by atoms with Gasteiger partial charge in [0.05, 0.1) is 24.0 Å². The highest BCUT2D eigenvalue weighted by atomic mass is 14.9. The molecule has 0 unspecified atom stereocenters. The first-order valence-corrected chi connectivity index (χ1v) is 6.88. The monoisotopic (exact) mass is 276 g/mol. The van der Waals surface area contributed by atoms with Gasteiger partial charge in [0.1, 0.15) is 0 Å². The van der Waals surface area contributed by atoms with E-state index in [9.17, 15) is 0 Å². The van der Waals surface area contributed by atoms with Crippen molar-refractivity contribution in [3.8, 4) is 0 Å². The predicted octanol–water partition coefficient (Wildman–Crippen LogP) is 3.59. The Kier molecular flexibility index (Phi) is 5.36. The van der Waals surface area contributed by atoms with Gasteiger partial charge in [0.2, 0.25) is 0 Å². The number of rotatable bonds is 6. The lowest BCUT2D eigenvalue weighted by Crippen LogP contribution is -2.06. The van der Waals surface area contributed by atoms with E-state index in [1.807, 2.05) is 60.7 Å². The van der Waals surface area contributed by atoms with Gasteiger partial charge in [0.25, 0.3) is 11.4 Å². The molecule has 0 saturated heterocycles. The maximum Gasteiger partial charge on any atom is 0.299 e. The molecule has 0 aliphatic rings. The molecule has 4 heteroatoms. The summed E-state index contributed by atoms with van der Waals surface area (Å²) in [5.74, 6) is 0. The molecule has 0 amide bonds. The van der Waals surface area contributed by atoms with E-state index in [2.05, 4.69) is 9.58 Å². The van der Waals surface area contributed by atoms with Gasteiger partial charge < -0.3 is 11.1 Å². The molecule has 0 heterocycles. The topological polar surface area (TPSA) is 72.8 Å². The summed E-state index contributed by atoms with van der Waals surface area (Å²) >= 11 is 0. The van der Waals surface area contributed by atoms with Crippen LogP contribution in [0.3, 0.4) is 0 Å². The highest BCUT2D eigenvalue weighted by Crippen LogP contribution is 2.09. The van der Waals surface area contributed by atoms with Crippen molar-refractivity contribution in [1.82, 2.24) is 0 Å². The van der Waals surface area contributed by atoms with E-state index in [0.717, 1.165) is 17.5 Å². The molecule has 2 aromatic rings. The molecule has 0 fully saturated rings. The van der Waals surface area contributed by atoms with Crippen LogP contribution >= 0.6 is 0 Å². The second-order valence-corrected chi connectivity index (χ2v) is 4.68. The molecule has 0 aliphatic carbocycles. The minimum Gasteiger partial charge on any atom is -0.361 e. The average molecular weight is 276 g/mol. The molecule has 0 radical (unpaired) electrons. The predicted molar refractivity (Wildman–Crippen MR) is 82.2 cm³/mol. The summed E-state index contributed by atoms with van der Waals surface area (Å²) in [5, 5.41) is 0. The van der Waals surface area contributed by atoms with Gasteiger partial charge in [-0.15, -0.1) is 0 Å². The van der Waals surface area contributed by atoms with Gasteiger partial charge in [-0.05, 0) is 30.7 Å². The maximum atomic E-state index is 9.13. The van der Waals surface area contributed by atoms with Crippen molar-refractivity contribution in [2.45, 2.75) is 19.3 Å². The van der Waals surface area contributed by atoms with Gasteiger partial charge >= 0.3 is 0 Å². The quantitative estimate of drug-likeness (QED) is 0.439. The van der Waals surface area contributed by atoms with Crippen molar-refractivity contribution in [3.63, 3.8) is 0 Å². The normalized spacial score (nSPS) is 9.52. The van der Waals surface area contributed by atoms with Crippen LogP contribution in [0.2, 0.25) is 0 Å². The van der Waals surface area contributed by atoms with Gasteiger partial charge in [-0.25, -0.2) is 0 Å². The Morgan fingerprint density at radius 2 is 1.05 bits per heavy atom. The highest BCUT2D eigenvalue weighted by Gasteiger charge is 2.15. The van der Waals surface area contributed by atoms with E-state index in [1.165, 1.54) is 0 Å². The van der Waals surface area contributed by atoms with Crippen molar-refractivity contribution >= 4 is 11.4 Å². The lowest BCUT2D eigenvalue weighted by Gasteiger charge is -1.97. The molecule has 2 aromatic carbocycles. The van der Waals surface area contributed by atoms with Crippen molar-refractivity contribution < 1.29 is 9.58 Å². The fourth-order valence-electron chi connectivity index (χ4n) is 2.19. The summed E-state index contributed by atoms with van der Waals surface area (Å²) in [6.45, 7) is 0. The van der Waals surface area contributed by atoms with Crippen LogP contribution in [0.5, 0.6) is 0 Å². The van der Waals surface area contributed by atoms with Gasteiger partial charge in [-0.1, -0.05) is 36.4 Å². The van der Waals surface area contributed by atoms with Gasteiger partial charge in [-0.3, -0.25) is 0 Å². The summed E-state index contributed by atoms with van der Waals surface area (Å²) in [5.41, 5.74) is 21.3. The van der Waals surface area contributed by atoms with Crippen LogP contribution < -0.4 is 0 Å². The summed E-state index contributed by atoms with van der Waals surface area (Å²) in [4.78, 5) is 6.74. The molecule has 0 spiro atoms. The SMILES string of the molecule is [N-]=[N+]=C(CCCC(=[N+]=[N-])c1ccccc1)c1ccccc1. The van der Waals surface area contributed by atoms with E-state index in [4.69, 9.17) is 11.1 Å². The Bertz CT molecular complexity index is 618. The van der Waals surface area contributed by atoms with E-state index in [-0.39, 0.29) is 0 Å². The first-order chi connectivity index (χ1) is 10.3. The fourth-order valence-corrected chi connectivity index (χ4v) is 2.19. The summed E-state index contributed by atoms with van der Waals surface area (Å²) in [6.07, 6.45) is 1.97. The first-order valence-electron chi connectivity index (χ1n) is 6.88.